The van der Waals surface area contributed by atoms with Gasteiger partial charge in [-0.05, 0) is 43.5 Å². The number of nitrogen functional groups attached to an aromatic ring is 1. The molecule has 5 heteroatoms. The number of nitrogens with two attached hydrogens (primary N) is 1. The molecule has 0 saturated heterocycles. The number of amides is 1. The fourth-order valence-corrected chi connectivity index (χ4v) is 3.08. The number of thiophene rings is 1. The highest BCUT2D eigenvalue weighted by atomic mass is 32.1. The van der Waals surface area contributed by atoms with Crippen LogP contribution in [0.15, 0.2) is 30.6 Å². The number of nitrogens with zero attached hydrogens (tertiary/aromatic N) is 2. The van der Waals surface area contributed by atoms with Crippen molar-refractivity contribution < 1.29 is 4.79 Å². The van der Waals surface area contributed by atoms with Gasteiger partial charge in [-0.15, -0.1) is 11.3 Å². The molecule has 0 bridgehead atoms. The highest BCUT2D eigenvalue weighted by Gasteiger charge is 2.33. The van der Waals surface area contributed by atoms with Gasteiger partial charge in [0, 0.05) is 35.5 Å². The number of hydrogen-bond donors (Lipinski definition) is 1. The quantitative estimate of drug-likeness (QED) is 0.940. The predicted molar refractivity (Wildman–Crippen MR) is 80.6 cm³/mol. The zero-order chi connectivity index (χ0) is 14.1. The number of carbonyl (C=O) groups is 1. The lowest BCUT2D eigenvalue weighted by atomic mass is 10.2. The first-order chi connectivity index (χ1) is 9.65. The van der Waals surface area contributed by atoms with Crippen LogP contribution in [0.25, 0.3) is 0 Å². The van der Waals surface area contributed by atoms with Crippen LogP contribution in [0.1, 0.15) is 33.0 Å². The van der Waals surface area contributed by atoms with Crippen LogP contribution in [-0.2, 0) is 6.54 Å². The van der Waals surface area contributed by atoms with E-state index in [9.17, 15) is 4.79 Å². The summed E-state index contributed by atoms with van der Waals surface area (Å²) >= 11 is 1.48. The van der Waals surface area contributed by atoms with Crippen molar-refractivity contribution in [2.24, 2.45) is 0 Å². The summed E-state index contributed by atoms with van der Waals surface area (Å²) in [7, 11) is 0. The summed E-state index contributed by atoms with van der Waals surface area (Å²) in [5, 5.41) is 0. The van der Waals surface area contributed by atoms with Crippen LogP contribution >= 0.6 is 11.3 Å². The lowest BCUT2D eigenvalue weighted by Gasteiger charge is -2.21. The van der Waals surface area contributed by atoms with Crippen LogP contribution in [0.4, 0.5) is 5.69 Å². The fraction of sp³-hybridized carbons (Fsp3) is 0.333. The third-order valence-corrected chi connectivity index (χ3v) is 4.57. The number of aryl methyl sites for hydroxylation is 1. The van der Waals surface area contributed by atoms with Gasteiger partial charge < -0.3 is 10.6 Å². The molecule has 2 aromatic heterocycles. The van der Waals surface area contributed by atoms with Crippen LogP contribution in [0.5, 0.6) is 0 Å². The summed E-state index contributed by atoms with van der Waals surface area (Å²) in [4.78, 5) is 20.4. The van der Waals surface area contributed by atoms with Gasteiger partial charge in [0.2, 0.25) is 0 Å². The largest absolute Gasteiger partial charge is 0.398 e. The molecule has 3 rings (SSSR count). The van der Waals surface area contributed by atoms with Gasteiger partial charge in [0.1, 0.15) is 0 Å². The average molecular weight is 287 g/mol. The first kappa shape index (κ1) is 13.1. The maximum absolute atomic E-state index is 12.7. The lowest BCUT2D eigenvalue weighted by Crippen LogP contribution is -2.32. The minimum Gasteiger partial charge on any atom is -0.398 e. The maximum atomic E-state index is 12.7. The normalized spacial score (nSPS) is 14.2. The third kappa shape index (κ3) is 2.67. The van der Waals surface area contributed by atoms with Gasteiger partial charge in [-0.3, -0.25) is 9.78 Å². The van der Waals surface area contributed by atoms with E-state index in [0.717, 1.165) is 28.2 Å². The Kier molecular flexibility index (Phi) is 3.44. The van der Waals surface area contributed by atoms with Crippen LogP contribution in [0.2, 0.25) is 0 Å². The molecule has 104 valence electrons. The van der Waals surface area contributed by atoms with Gasteiger partial charge in [-0.2, -0.15) is 0 Å². The Morgan fingerprint density at radius 2 is 2.15 bits per heavy atom. The van der Waals surface area contributed by atoms with E-state index in [1.165, 1.54) is 11.3 Å². The van der Waals surface area contributed by atoms with Gasteiger partial charge in [-0.25, -0.2) is 0 Å². The van der Waals surface area contributed by atoms with E-state index in [2.05, 4.69) is 4.98 Å². The minimum absolute atomic E-state index is 0.0918. The second kappa shape index (κ2) is 5.25. The molecular weight excluding hydrogens is 270 g/mol. The first-order valence-electron chi connectivity index (χ1n) is 6.71. The number of anilines is 1. The van der Waals surface area contributed by atoms with E-state index in [0.29, 0.717) is 18.3 Å². The molecule has 20 heavy (non-hydrogen) atoms. The fourth-order valence-electron chi connectivity index (χ4n) is 2.18. The van der Waals surface area contributed by atoms with Crippen molar-refractivity contribution in [3.8, 4) is 0 Å². The summed E-state index contributed by atoms with van der Waals surface area (Å²) in [6, 6.07) is 6.08. The molecule has 2 aromatic rings. The Labute approximate surface area is 122 Å². The van der Waals surface area contributed by atoms with Crippen molar-refractivity contribution in [1.29, 1.82) is 0 Å². The molecule has 4 nitrogen and oxygen atoms in total. The number of hydrogen-bond acceptors (Lipinski definition) is 4. The van der Waals surface area contributed by atoms with Crippen LogP contribution in [0.3, 0.4) is 0 Å². The molecule has 0 aliphatic heterocycles. The zero-order valence-electron chi connectivity index (χ0n) is 11.4. The summed E-state index contributed by atoms with van der Waals surface area (Å²) in [6.45, 7) is 2.59. The standard InChI is InChI=1S/C15H17N3OS/c1-10-13(16)8-14(20-10)15(19)18(12-2-3-12)9-11-4-6-17-7-5-11/h4-8,12H,2-3,9,16H2,1H3. The van der Waals surface area contributed by atoms with E-state index in [4.69, 9.17) is 5.73 Å². The van der Waals surface area contributed by atoms with Gasteiger partial charge in [0.05, 0.1) is 4.88 Å². The van der Waals surface area contributed by atoms with Gasteiger partial charge in [0.25, 0.3) is 5.91 Å². The van der Waals surface area contributed by atoms with E-state index in [1.54, 1.807) is 18.5 Å². The maximum Gasteiger partial charge on any atom is 0.264 e. The van der Waals surface area contributed by atoms with Crippen LogP contribution < -0.4 is 5.73 Å². The number of pyridine rings is 1. The average Bonchev–Trinajstić information content (AvgIpc) is 3.23. The molecule has 1 fully saturated rings. The number of carbonyl (C=O) groups excluding carboxylic acids is 1. The molecule has 0 aromatic carbocycles. The summed E-state index contributed by atoms with van der Waals surface area (Å²) < 4.78 is 0. The van der Waals surface area contributed by atoms with E-state index >= 15 is 0 Å². The summed E-state index contributed by atoms with van der Waals surface area (Å²) in [6.07, 6.45) is 5.71. The molecular formula is C15H17N3OS. The smallest absolute Gasteiger partial charge is 0.264 e. The van der Waals surface area contributed by atoms with Crippen LogP contribution in [-0.4, -0.2) is 21.8 Å². The molecule has 0 radical (unpaired) electrons. The molecule has 0 spiro atoms. The van der Waals surface area contributed by atoms with Crippen LogP contribution in [0, 0.1) is 6.92 Å². The monoisotopic (exact) mass is 287 g/mol. The van der Waals surface area contributed by atoms with Crippen molar-refractivity contribution in [2.45, 2.75) is 32.4 Å². The molecule has 2 N–H and O–H groups in total. The topological polar surface area (TPSA) is 59.2 Å². The molecule has 1 aliphatic rings. The molecule has 1 saturated carbocycles. The minimum atomic E-state index is 0.0918. The van der Waals surface area contributed by atoms with Crippen molar-refractivity contribution >= 4 is 22.9 Å². The Balaban J connectivity index is 1.82. The highest BCUT2D eigenvalue weighted by Crippen LogP contribution is 2.32. The highest BCUT2D eigenvalue weighted by molar-refractivity contribution is 7.14. The molecule has 0 unspecified atom stereocenters. The van der Waals surface area contributed by atoms with Crippen molar-refractivity contribution in [2.75, 3.05) is 5.73 Å². The zero-order valence-corrected chi connectivity index (χ0v) is 12.2. The number of aromatic nitrogens is 1. The van der Waals surface area contributed by atoms with Crippen molar-refractivity contribution in [3.63, 3.8) is 0 Å². The lowest BCUT2D eigenvalue weighted by molar-refractivity contribution is 0.0735. The van der Waals surface area contributed by atoms with Gasteiger partial charge in [-0.1, -0.05) is 0 Å². The van der Waals surface area contributed by atoms with Crippen molar-refractivity contribution in [3.05, 3.63) is 45.9 Å². The van der Waals surface area contributed by atoms with Gasteiger partial charge in [0.15, 0.2) is 0 Å². The van der Waals surface area contributed by atoms with Gasteiger partial charge >= 0.3 is 0 Å². The Morgan fingerprint density at radius 1 is 1.45 bits per heavy atom. The summed E-state index contributed by atoms with van der Waals surface area (Å²) in [5.41, 5.74) is 7.67. The second-order valence-corrected chi connectivity index (χ2v) is 6.40. The van der Waals surface area contributed by atoms with E-state index < -0.39 is 0 Å². The molecule has 1 aliphatic carbocycles. The molecule has 2 heterocycles. The first-order valence-corrected chi connectivity index (χ1v) is 7.52. The summed E-state index contributed by atoms with van der Waals surface area (Å²) in [5.74, 6) is 0.0918. The Hall–Kier alpha value is -1.88. The Morgan fingerprint density at radius 3 is 2.70 bits per heavy atom. The van der Waals surface area contributed by atoms with E-state index in [-0.39, 0.29) is 5.91 Å². The third-order valence-electron chi connectivity index (χ3n) is 3.52. The van der Waals surface area contributed by atoms with E-state index in [1.807, 2.05) is 24.0 Å². The predicted octanol–water partition coefficient (Wildman–Crippen LogP) is 2.84. The Bertz CT molecular complexity index is 600. The SMILES string of the molecule is Cc1sc(C(=O)N(Cc2ccncc2)C2CC2)cc1N. The molecule has 1 amide bonds. The number of rotatable bonds is 4. The van der Waals surface area contributed by atoms with Crippen molar-refractivity contribution in [1.82, 2.24) is 9.88 Å². The molecule has 0 atom stereocenters. The second-order valence-electron chi connectivity index (χ2n) is 5.14.